The van der Waals surface area contributed by atoms with E-state index in [2.05, 4.69) is 0 Å². The molecule has 3 heterocycles. The molecule has 0 amide bonds. The maximum atomic E-state index is 15.4. The fourth-order valence-electron chi connectivity index (χ4n) is 3.59. The molecule has 7 nitrogen and oxygen atoms in total. The number of hydrogen-bond acceptors (Lipinski definition) is 5. The van der Waals surface area contributed by atoms with E-state index in [1.807, 2.05) is 0 Å². The first-order chi connectivity index (χ1) is 12.4. The molecule has 4 rings (SSSR count). The zero-order chi connectivity index (χ0) is 18.6. The second kappa shape index (κ2) is 5.94. The number of anilines is 2. The summed E-state index contributed by atoms with van der Waals surface area (Å²) in [4.78, 5) is 25.5. The van der Waals surface area contributed by atoms with Gasteiger partial charge in [-0.1, -0.05) is 0 Å². The lowest BCUT2D eigenvalue weighted by Crippen LogP contribution is -2.34. The van der Waals surface area contributed by atoms with Gasteiger partial charge < -0.3 is 25.0 Å². The maximum absolute atomic E-state index is 15.4. The average molecular weight is 365 g/mol. The van der Waals surface area contributed by atoms with Crippen molar-refractivity contribution in [2.24, 2.45) is 0 Å². The number of nitrogens with zero attached hydrogens (tertiary/aromatic N) is 2. The number of aromatic carboxylic acids is 1. The van der Waals surface area contributed by atoms with Crippen LogP contribution in [-0.2, 0) is 4.74 Å². The molecule has 9 heteroatoms. The Labute approximate surface area is 146 Å². The van der Waals surface area contributed by atoms with E-state index in [1.165, 1.54) is 4.57 Å². The molecule has 0 radical (unpaired) electrons. The van der Waals surface area contributed by atoms with Crippen molar-refractivity contribution in [2.45, 2.75) is 18.9 Å². The van der Waals surface area contributed by atoms with E-state index in [0.717, 1.165) is 19.0 Å². The highest BCUT2D eigenvalue weighted by Crippen LogP contribution is 2.38. The van der Waals surface area contributed by atoms with Gasteiger partial charge in [0.15, 0.2) is 11.6 Å². The lowest BCUT2D eigenvalue weighted by atomic mass is 10.0. The smallest absolute Gasteiger partial charge is 0.341 e. The lowest BCUT2D eigenvalue weighted by Gasteiger charge is -2.31. The fourth-order valence-corrected chi connectivity index (χ4v) is 3.59. The zero-order valence-electron chi connectivity index (χ0n) is 13.8. The molecule has 26 heavy (non-hydrogen) atoms. The Morgan fingerprint density at radius 1 is 1.23 bits per heavy atom. The topological polar surface area (TPSA) is 97.8 Å². The molecule has 2 aliphatic heterocycles. The van der Waals surface area contributed by atoms with E-state index in [-0.39, 0.29) is 30.5 Å². The first kappa shape index (κ1) is 16.8. The number of benzene rings is 1. The van der Waals surface area contributed by atoms with E-state index >= 15 is 4.39 Å². The van der Waals surface area contributed by atoms with Gasteiger partial charge in [0.25, 0.3) is 0 Å². The third-order valence-corrected chi connectivity index (χ3v) is 5.03. The summed E-state index contributed by atoms with van der Waals surface area (Å²) in [6, 6.07) is -0.345. The minimum Gasteiger partial charge on any atom is -0.477 e. The van der Waals surface area contributed by atoms with Crippen LogP contribution in [0.25, 0.3) is 10.9 Å². The minimum absolute atomic E-state index is 0.172. The van der Waals surface area contributed by atoms with Crippen LogP contribution in [0.1, 0.15) is 29.2 Å². The highest BCUT2D eigenvalue weighted by Gasteiger charge is 2.32. The first-order valence-corrected chi connectivity index (χ1v) is 8.33. The SMILES string of the molecule is Nc1c(F)c(N2CCCC2)c(F)c2c1c(=O)c(C(=O)O)cn2C1COC1. The van der Waals surface area contributed by atoms with Gasteiger partial charge in [0.05, 0.1) is 35.8 Å². The third-order valence-electron chi connectivity index (χ3n) is 5.03. The highest BCUT2D eigenvalue weighted by atomic mass is 19.1. The Morgan fingerprint density at radius 3 is 2.42 bits per heavy atom. The Hall–Kier alpha value is -2.68. The summed E-state index contributed by atoms with van der Waals surface area (Å²) in [5.41, 5.74) is 3.32. The molecule has 0 aliphatic carbocycles. The molecule has 0 bridgehead atoms. The molecule has 1 aromatic heterocycles. The number of ether oxygens (including phenoxy) is 1. The summed E-state index contributed by atoms with van der Waals surface area (Å²) in [6.07, 6.45) is 2.70. The normalized spacial score (nSPS) is 17.7. The Balaban J connectivity index is 2.12. The molecule has 2 aromatic rings. The second-order valence-corrected chi connectivity index (χ2v) is 6.58. The molecule has 2 saturated heterocycles. The van der Waals surface area contributed by atoms with Crippen molar-refractivity contribution < 1.29 is 23.4 Å². The Morgan fingerprint density at radius 2 is 1.88 bits per heavy atom. The summed E-state index contributed by atoms with van der Waals surface area (Å²) in [6.45, 7) is 1.46. The lowest BCUT2D eigenvalue weighted by molar-refractivity contribution is -0.0219. The molecular weight excluding hydrogens is 348 g/mol. The van der Waals surface area contributed by atoms with Gasteiger partial charge in [-0.15, -0.1) is 0 Å². The van der Waals surface area contributed by atoms with Crippen LogP contribution in [-0.4, -0.2) is 41.9 Å². The number of rotatable bonds is 3. The number of carbonyl (C=O) groups is 1. The van der Waals surface area contributed by atoms with E-state index in [0.29, 0.717) is 13.1 Å². The van der Waals surface area contributed by atoms with Crippen LogP contribution in [0.2, 0.25) is 0 Å². The predicted molar refractivity (Wildman–Crippen MR) is 90.8 cm³/mol. The molecule has 138 valence electrons. The molecule has 1 aromatic carbocycles. The van der Waals surface area contributed by atoms with Gasteiger partial charge in [-0.25, -0.2) is 13.6 Å². The molecular formula is C17H17F2N3O4. The van der Waals surface area contributed by atoms with Crippen molar-refractivity contribution >= 4 is 28.2 Å². The second-order valence-electron chi connectivity index (χ2n) is 6.58. The molecule has 2 fully saturated rings. The van der Waals surface area contributed by atoms with Crippen LogP contribution in [0.5, 0.6) is 0 Å². The van der Waals surface area contributed by atoms with Crippen molar-refractivity contribution in [1.82, 2.24) is 4.57 Å². The number of carboxylic acids is 1. The highest BCUT2D eigenvalue weighted by molar-refractivity contribution is 5.99. The van der Waals surface area contributed by atoms with Gasteiger partial charge >= 0.3 is 5.97 Å². The number of halogens is 2. The fraction of sp³-hybridized carbons (Fsp3) is 0.412. The quantitative estimate of drug-likeness (QED) is 0.804. The van der Waals surface area contributed by atoms with Crippen LogP contribution in [0.15, 0.2) is 11.0 Å². The molecule has 0 saturated carbocycles. The van der Waals surface area contributed by atoms with Crippen molar-refractivity contribution in [3.63, 3.8) is 0 Å². The molecule has 3 N–H and O–H groups in total. The largest absolute Gasteiger partial charge is 0.477 e. The van der Waals surface area contributed by atoms with Gasteiger partial charge in [0.1, 0.15) is 11.3 Å². The van der Waals surface area contributed by atoms with Crippen molar-refractivity contribution in [3.05, 3.63) is 33.6 Å². The van der Waals surface area contributed by atoms with Crippen LogP contribution >= 0.6 is 0 Å². The van der Waals surface area contributed by atoms with Gasteiger partial charge in [0, 0.05) is 19.3 Å². The summed E-state index contributed by atoms with van der Waals surface area (Å²) in [5.74, 6) is -3.39. The van der Waals surface area contributed by atoms with E-state index in [9.17, 15) is 19.1 Å². The molecule has 0 spiro atoms. The number of carboxylic acid groups (broad SMARTS) is 1. The first-order valence-electron chi connectivity index (χ1n) is 8.33. The summed E-state index contributed by atoms with van der Waals surface area (Å²) < 4.78 is 36.7. The van der Waals surface area contributed by atoms with Crippen LogP contribution in [0.3, 0.4) is 0 Å². The number of aromatic nitrogens is 1. The predicted octanol–water partition coefficient (Wildman–Crippen LogP) is 1.73. The maximum Gasteiger partial charge on any atom is 0.341 e. The monoisotopic (exact) mass is 365 g/mol. The Kier molecular flexibility index (Phi) is 3.83. The number of nitrogens with two attached hydrogens (primary N) is 1. The van der Waals surface area contributed by atoms with Crippen LogP contribution in [0, 0.1) is 11.6 Å². The number of hydrogen-bond donors (Lipinski definition) is 2. The average Bonchev–Trinajstić information content (AvgIpc) is 3.06. The van der Waals surface area contributed by atoms with Gasteiger partial charge in [-0.2, -0.15) is 0 Å². The zero-order valence-corrected chi connectivity index (χ0v) is 13.8. The Bertz CT molecular complexity index is 979. The van der Waals surface area contributed by atoms with Crippen molar-refractivity contribution in [2.75, 3.05) is 36.9 Å². The van der Waals surface area contributed by atoms with E-state index in [1.54, 1.807) is 4.90 Å². The molecule has 0 atom stereocenters. The summed E-state index contributed by atoms with van der Waals surface area (Å²) >= 11 is 0. The van der Waals surface area contributed by atoms with Gasteiger partial charge in [0.2, 0.25) is 5.43 Å². The van der Waals surface area contributed by atoms with Crippen molar-refractivity contribution in [1.29, 1.82) is 0 Å². The summed E-state index contributed by atoms with van der Waals surface area (Å²) in [5, 5.41) is 8.86. The van der Waals surface area contributed by atoms with Crippen molar-refractivity contribution in [3.8, 4) is 0 Å². The number of fused-ring (bicyclic) bond motifs is 1. The third kappa shape index (κ3) is 2.27. The minimum atomic E-state index is -1.48. The number of pyridine rings is 1. The number of nitrogen functional groups attached to an aromatic ring is 1. The molecule has 2 aliphatic rings. The van der Waals surface area contributed by atoms with Gasteiger partial charge in [-0.05, 0) is 12.8 Å². The standard InChI is InChI=1S/C17H17F2N3O4/c18-11-13(20)10-14(12(19)15(11)21-3-1-2-4-21)22(8-6-26-7-8)5-9(16(10)23)17(24)25/h5,8H,1-4,6-7,20H2,(H,24,25). The van der Waals surface area contributed by atoms with E-state index < -0.39 is 39.7 Å². The van der Waals surface area contributed by atoms with E-state index in [4.69, 9.17) is 10.5 Å². The summed E-state index contributed by atoms with van der Waals surface area (Å²) in [7, 11) is 0. The van der Waals surface area contributed by atoms with Gasteiger partial charge in [-0.3, -0.25) is 4.79 Å². The molecule has 0 unspecified atom stereocenters. The van der Waals surface area contributed by atoms with Crippen LogP contribution < -0.4 is 16.1 Å². The van der Waals surface area contributed by atoms with Crippen LogP contribution in [0.4, 0.5) is 20.2 Å².